The fourth-order valence-corrected chi connectivity index (χ4v) is 7.26. The summed E-state index contributed by atoms with van der Waals surface area (Å²) >= 11 is 0. The van der Waals surface area contributed by atoms with Crippen molar-refractivity contribution in [2.24, 2.45) is 41.2 Å². The molecule has 5 saturated carbocycles. The molecule has 0 unspecified atom stereocenters. The normalized spacial score (nSPS) is 52.3. The molecule has 0 aromatic rings. The first kappa shape index (κ1) is 13.6. The van der Waals surface area contributed by atoms with Crippen LogP contribution < -0.4 is 5.73 Å². The van der Waals surface area contributed by atoms with E-state index in [2.05, 4.69) is 6.07 Å². The summed E-state index contributed by atoms with van der Waals surface area (Å²) in [5.41, 5.74) is 6.82. The molecule has 3 nitrogen and oxygen atoms in total. The highest BCUT2D eigenvalue weighted by Gasteiger charge is 2.61. The summed E-state index contributed by atoms with van der Waals surface area (Å²) in [6, 6.07) is 2.12. The average molecular weight is 296 g/mol. The summed E-state index contributed by atoms with van der Waals surface area (Å²) in [7, 11) is 0. The monoisotopic (exact) mass is 296 g/mol. The first-order valence-electron chi connectivity index (χ1n) is 9.34. The van der Waals surface area contributed by atoms with Gasteiger partial charge in [-0.1, -0.05) is 12.2 Å². The van der Waals surface area contributed by atoms with Crippen molar-refractivity contribution in [1.82, 2.24) is 0 Å². The van der Waals surface area contributed by atoms with Gasteiger partial charge in [0.1, 0.15) is 5.68 Å². The lowest BCUT2D eigenvalue weighted by molar-refractivity contribution is -0.119. The number of carbonyl (C=O) groups is 1. The lowest BCUT2D eigenvalue weighted by atomic mass is 9.35. The fourth-order valence-electron chi connectivity index (χ4n) is 7.26. The standard InChI is InChI=1S/C18H25BN2O/c20-8-14-6-11-7-15(11)19(14)18(22)17(21)16-12-2-9-1-10(4-12)5-13(16)3-9/h9-17H,1-7,21H2/t9?,10?,11-,12?,13?,14+,15+,16?,17+/m1/s1. The van der Waals surface area contributed by atoms with Crippen molar-refractivity contribution in [2.45, 2.75) is 62.6 Å². The molecule has 1 saturated heterocycles. The molecular weight excluding hydrogens is 271 g/mol. The number of nitrogens with zero attached hydrogens (tertiary/aromatic N) is 1. The minimum absolute atomic E-state index is 0.0258. The molecule has 0 aromatic heterocycles. The SMILES string of the molecule is N#C[C@@H]1C[C@@H]2C[C@@H]2B1C(=O)[C@@H](N)C1C2CC3CC(C2)CC1C3. The van der Waals surface area contributed by atoms with E-state index in [1.165, 1.54) is 38.5 Å². The summed E-state index contributed by atoms with van der Waals surface area (Å²) in [5.74, 6) is 4.79. The maximum atomic E-state index is 13.1. The Kier molecular flexibility index (Phi) is 2.85. The minimum atomic E-state index is -0.282. The van der Waals surface area contributed by atoms with E-state index in [-0.39, 0.29) is 24.3 Å². The summed E-state index contributed by atoms with van der Waals surface area (Å²) < 4.78 is 0. The van der Waals surface area contributed by atoms with E-state index in [1.54, 1.807) is 0 Å². The van der Waals surface area contributed by atoms with Gasteiger partial charge in [-0.2, -0.15) is 5.26 Å². The van der Waals surface area contributed by atoms with Gasteiger partial charge < -0.3 is 10.5 Å². The van der Waals surface area contributed by atoms with Gasteiger partial charge in [0.2, 0.25) is 6.71 Å². The maximum absolute atomic E-state index is 13.1. The number of nitriles is 1. The number of hydrogen-bond acceptors (Lipinski definition) is 3. The van der Waals surface area contributed by atoms with Crippen LogP contribution in [0.15, 0.2) is 0 Å². The number of nitrogens with two attached hydrogens (primary N) is 1. The van der Waals surface area contributed by atoms with Gasteiger partial charge in [0.25, 0.3) is 0 Å². The third kappa shape index (κ3) is 1.81. The van der Waals surface area contributed by atoms with Crippen LogP contribution in [0, 0.1) is 46.8 Å². The summed E-state index contributed by atoms with van der Waals surface area (Å²) in [4.78, 5) is 13.1. The van der Waals surface area contributed by atoms with Crippen molar-refractivity contribution in [3.05, 3.63) is 0 Å². The third-order valence-corrected chi connectivity index (χ3v) is 7.97. The largest absolute Gasteiger partial charge is 0.322 e. The van der Waals surface area contributed by atoms with Gasteiger partial charge in [-0.3, -0.25) is 0 Å². The molecule has 22 heavy (non-hydrogen) atoms. The van der Waals surface area contributed by atoms with Crippen molar-refractivity contribution >= 4 is 12.4 Å². The lowest BCUT2D eigenvalue weighted by Gasteiger charge is -2.56. The Bertz CT molecular complexity index is 528. The van der Waals surface area contributed by atoms with E-state index >= 15 is 0 Å². The Labute approximate surface area is 133 Å². The number of fused-ring (bicyclic) bond motifs is 1. The second kappa shape index (κ2) is 4.60. The molecule has 0 aromatic carbocycles. The number of hydrogen-bond donors (Lipinski definition) is 1. The van der Waals surface area contributed by atoms with Gasteiger partial charge in [0.05, 0.1) is 12.1 Å². The van der Waals surface area contributed by atoms with Gasteiger partial charge in [0, 0.05) is 5.82 Å². The molecule has 4 bridgehead atoms. The molecule has 116 valence electrons. The molecule has 6 aliphatic rings. The maximum Gasteiger partial charge on any atom is 0.247 e. The van der Waals surface area contributed by atoms with Crippen LogP contribution in [0.1, 0.15) is 44.9 Å². The van der Waals surface area contributed by atoms with Crippen LogP contribution >= 0.6 is 0 Å². The molecule has 0 radical (unpaired) electrons. The van der Waals surface area contributed by atoms with E-state index in [1.807, 2.05) is 0 Å². The zero-order chi connectivity index (χ0) is 15.0. The summed E-state index contributed by atoms with van der Waals surface area (Å²) in [6.45, 7) is -0.0258. The Hall–Kier alpha value is -0.815. The molecule has 1 aliphatic heterocycles. The molecule has 2 N–H and O–H groups in total. The zero-order valence-electron chi connectivity index (χ0n) is 13.2. The molecule has 1 heterocycles. The minimum Gasteiger partial charge on any atom is -0.322 e. The number of rotatable bonds is 3. The molecule has 6 rings (SSSR count). The summed E-state index contributed by atoms with van der Waals surface area (Å²) in [5, 5.41) is 9.37. The molecule has 0 spiro atoms. The van der Waals surface area contributed by atoms with Gasteiger partial charge in [-0.15, -0.1) is 0 Å². The van der Waals surface area contributed by atoms with Gasteiger partial charge >= 0.3 is 0 Å². The Morgan fingerprint density at radius 3 is 2.23 bits per heavy atom. The van der Waals surface area contributed by atoms with Crippen LogP contribution in [-0.4, -0.2) is 18.4 Å². The van der Waals surface area contributed by atoms with Crippen LogP contribution in [0.4, 0.5) is 0 Å². The predicted molar refractivity (Wildman–Crippen MR) is 85.1 cm³/mol. The fraction of sp³-hybridized carbons (Fsp3) is 0.889. The molecular formula is C18H25BN2O. The van der Waals surface area contributed by atoms with Crippen LogP contribution in [0.3, 0.4) is 0 Å². The van der Waals surface area contributed by atoms with E-state index < -0.39 is 0 Å². The van der Waals surface area contributed by atoms with E-state index in [9.17, 15) is 10.1 Å². The lowest BCUT2D eigenvalue weighted by Crippen LogP contribution is -2.56. The van der Waals surface area contributed by atoms with Crippen molar-refractivity contribution in [3.8, 4) is 6.07 Å². The predicted octanol–water partition coefficient (Wildman–Crippen LogP) is 2.68. The smallest absolute Gasteiger partial charge is 0.247 e. The third-order valence-electron chi connectivity index (χ3n) is 7.97. The van der Waals surface area contributed by atoms with E-state index in [0.29, 0.717) is 29.5 Å². The van der Waals surface area contributed by atoms with Crippen molar-refractivity contribution < 1.29 is 4.79 Å². The van der Waals surface area contributed by atoms with Crippen molar-refractivity contribution in [2.75, 3.05) is 0 Å². The van der Waals surface area contributed by atoms with Crippen molar-refractivity contribution in [3.63, 3.8) is 0 Å². The first-order valence-corrected chi connectivity index (χ1v) is 9.34. The number of carbonyl (C=O) groups excluding carboxylic acids is 1. The van der Waals surface area contributed by atoms with Crippen LogP contribution in [0.2, 0.25) is 11.6 Å². The summed E-state index contributed by atoms with van der Waals surface area (Å²) in [6.07, 6.45) is 8.82. The van der Waals surface area contributed by atoms with Gasteiger partial charge in [-0.25, -0.2) is 0 Å². The van der Waals surface area contributed by atoms with Gasteiger partial charge in [0.15, 0.2) is 0 Å². The van der Waals surface area contributed by atoms with E-state index in [0.717, 1.165) is 18.3 Å². The first-order chi connectivity index (χ1) is 10.7. The van der Waals surface area contributed by atoms with Gasteiger partial charge in [-0.05, 0) is 74.0 Å². The second-order valence-corrected chi connectivity index (χ2v) is 9.09. The zero-order valence-corrected chi connectivity index (χ0v) is 13.2. The Morgan fingerprint density at radius 1 is 1.00 bits per heavy atom. The average Bonchev–Trinajstić information content (AvgIpc) is 3.16. The quantitative estimate of drug-likeness (QED) is 0.814. The Morgan fingerprint density at radius 2 is 1.64 bits per heavy atom. The van der Waals surface area contributed by atoms with Crippen LogP contribution in [0.25, 0.3) is 0 Å². The highest BCUT2D eigenvalue weighted by molar-refractivity contribution is 6.94. The molecule has 0 amide bonds. The van der Waals surface area contributed by atoms with E-state index in [4.69, 9.17) is 5.73 Å². The molecule has 4 heteroatoms. The molecule has 4 atom stereocenters. The molecule has 6 fully saturated rings. The highest BCUT2D eigenvalue weighted by Crippen LogP contribution is 2.62. The van der Waals surface area contributed by atoms with Crippen molar-refractivity contribution in [1.29, 1.82) is 5.26 Å². The van der Waals surface area contributed by atoms with Crippen LogP contribution in [-0.2, 0) is 4.79 Å². The highest BCUT2D eigenvalue weighted by atomic mass is 16.1. The van der Waals surface area contributed by atoms with Crippen LogP contribution in [0.5, 0.6) is 0 Å². The molecule has 5 aliphatic carbocycles. The second-order valence-electron chi connectivity index (χ2n) is 9.09. The topological polar surface area (TPSA) is 66.9 Å². The Balaban J connectivity index is 1.37.